The third-order valence-electron chi connectivity index (χ3n) is 4.18. The highest BCUT2D eigenvalue weighted by Crippen LogP contribution is 2.25. The number of halogens is 1. The van der Waals surface area contributed by atoms with Gasteiger partial charge in [0.1, 0.15) is 37.2 Å². The van der Waals surface area contributed by atoms with E-state index in [-0.39, 0.29) is 38.6 Å². The summed E-state index contributed by atoms with van der Waals surface area (Å²) in [4.78, 5) is 29.6. The lowest BCUT2D eigenvalue weighted by atomic mass is 9.97. The van der Waals surface area contributed by atoms with Gasteiger partial charge in [0.05, 0.1) is 19.6 Å². The van der Waals surface area contributed by atoms with E-state index in [0.29, 0.717) is 17.3 Å². The van der Waals surface area contributed by atoms with E-state index in [9.17, 15) is 9.59 Å². The van der Waals surface area contributed by atoms with Gasteiger partial charge in [0.2, 0.25) is 11.8 Å². The van der Waals surface area contributed by atoms with Crippen LogP contribution in [0.15, 0.2) is 36.9 Å². The Labute approximate surface area is 161 Å². The van der Waals surface area contributed by atoms with E-state index in [1.807, 2.05) is 0 Å². The molecule has 0 bridgehead atoms. The predicted molar refractivity (Wildman–Crippen MR) is 96.0 cm³/mol. The number of ether oxygens (including phenoxy) is 2. The van der Waals surface area contributed by atoms with Crippen LogP contribution in [0.3, 0.4) is 0 Å². The first-order valence-electron chi connectivity index (χ1n) is 8.37. The monoisotopic (exact) mass is 393 g/mol. The van der Waals surface area contributed by atoms with Gasteiger partial charge in [-0.05, 0) is 24.3 Å². The molecule has 1 aliphatic rings. The maximum absolute atomic E-state index is 12.6. The minimum absolute atomic E-state index is 0.0602. The Hall–Kier alpha value is -2.65. The van der Waals surface area contributed by atoms with E-state index in [0.717, 1.165) is 0 Å². The Balaban J connectivity index is 1.69. The standard InChI is InChI=1S/C17H20ClN5O4/c18-13-1-3-14(4-2-13)26-10-17(7-15(19)24)9-22(5-6-27-17)16(25)8-23-12-20-11-21-23/h1-4,11-12H,5-10H2,(H2,19,24)/t17-/m1/s1. The highest BCUT2D eigenvalue weighted by Gasteiger charge is 2.41. The van der Waals surface area contributed by atoms with Crippen molar-refractivity contribution >= 4 is 23.4 Å². The second-order valence-electron chi connectivity index (χ2n) is 6.33. The summed E-state index contributed by atoms with van der Waals surface area (Å²) < 4.78 is 13.1. The number of morpholine rings is 1. The summed E-state index contributed by atoms with van der Waals surface area (Å²) in [6.07, 6.45) is 2.77. The fourth-order valence-corrected chi connectivity index (χ4v) is 3.05. The number of aromatic nitrogens is 3. The summed E-state index contributed by atoms with van der Waals surface area (Å²) in [5.41, 5.74) is 4.40. The minimum Gasteiger partial charge on any atom is -0.490 e. The molecule has 2 N–H and O–H groups in total. The molecule has 1 aromatic carbocycles. The number of amides is 2. The van der Waals surface area contributed by atoms with Gasteiger partial charge in [-0.3, -0.25) is 9.59 Å². The van der Waals surface area contributed by atoms with E-state index in [4.69, 9.17) is 26.8 Å². The summed E-state index contributed by atoms with van der Waals surface area (Å²) in [5, 5.41) is 4.53. The maximum atomic E-state index is 12.6. The van der Waals surface area contributed by atoms with Crippen LogP contribution >= 0.6 is 11.6 Å². The van der Waals surface area contributed by atoms with Crippen LogP contribution in [0.25, 0.3) is 0 Å². The van der Waals surface area contributed by atoms with Crippen molar-refractivity contribution in [2.45, 2.75) is 18.6 Å². The van der Waals surface area contributed by atoms with Crippen molar-refractivity contribution in [1.29, 1.82) is 0 Å². The lowest BCUT2D eigenvalue weighted by molar-refractivity contribution is -0.162. The highest BCUT2D eigenvalue weighted by molar-refractivity contribution is 6.30. The van der Waals surface area contributed by atoms with Crippen molar-refractivity contribution in [2.75, 3.05) is 26.3 Å². The number of hydrogen-bond donors (Lipinski definition) is 1. The molecule has 9 nitrogen and oxygen atoms in total. The predicted octanol–water partition coefficient (Wildman–Crippen LogP) is 0.483. The lowest BCUT2D eigenvalue weighted by Crippen LogP contribution is -2.58. The largest absolute Gasteiger partial charge is 0.490 e. The summed E-state index contributed by atoms with van der Waals surface area (Å²) in [6.45, 7) is 1.02. The number of carbonyl (C=O) groups is 2. The third kappa shape index (κ3) is 5.18. The van der Waals surface area contributed by atoms with E-state index >= 15 is 0 Å². The van der Waals surface area contributed by atoms with Gasteiger partial charge < -0.3 is 20.1 Å². The minimum atomic E-state index is -1.01. The first kappa shape index (κ1) is 19.1. The molecule has 0 saturated carbocycles. The molecule has 1 aromatic heterocycles. The van der Waals surface area contributed by atoms with Gasteiger partial charge in [0.25, 0.3) is 0 Å². The molecule has 27 heavy (non-hydrogen) atoms. The van der Waals surface area contributed by atoms with Gasteiger partial charge in [-0.25, -0.2) is 9.67 Å². The summed E-state index contributed by atoms with van der Waals surface area (Å²) in [7, 11) is 0. The topological polar surface area (TPSA) is 113 Å². The fourth-order valence-electron chi connectivity index (χ4n) is 2.92. The van der Waals surface area contributed by atoms with E-state index in [1.165, 1.54) is 17.3 Å². The van der Waals surface area contributed by atoms with Crippen molar-refractivity contribution in [3.63, 3.8) is 0 Å². The summed E-state index contributed by atoms with van der Waals surface area (Å²) in [6, 6.07) is 6.84. The summed E-state index contributed by atoms with van der Waals surface area (Å²) >= 11 is 5.87. The molecule has 3 rings (SSSR count). The van der Waals surface area contributed by atoms with Gasteiger partial charge in [-0.1, -0.05) is 11.6 Å². The van der Waals surface area contributed by atoms with Gasteiger partial charge in [0, 0.05) is 11.6 Å². The molecule has 1 saturated heterocycles. The van der Waals surface area contributed by atoms with Crippen molar-refractivity contribution in [3.05, 3.63) is 41.9 Å². The molecule has 0 unspecified atom stereocenters. The van der Waals surface area contributed by atoms with Crippen LogP contribution in [0.5, 0.6) is 5.75 Å². The second kappa shape index (κ2) is 8.36. The average Bonchev–Trinajstić information content (AvgIpc) is 3.14. The van der Waals surface area contributed by atoms with Gasteiger partial charge in [0.15, 0.2) is 0 Å². The molecular weight excluding hydrogens is 374 g/mol. The number of primary amides is 1. The van der Waals surface area contributed by atoms with Crippen molar-refractivity contribution < 1.29 is 19.1 Å². The Morgan fingerprint density at radius 3 is 2.78 bits per heavy atom. The van der Waals surface area contributed by atoms with Crippen LogP contribution in [0, 0.1) is 0 Å². The number of hydrogen-bond acceptors (Lipinski definition) is 6. The van der Waals surface area contributed by atoms with Crippen LogP contribution in [-0.4, -0.2) is 63.4 Å². The molecule has 0 aliphatic carbocycles. The fraction of sp³-hybridized carbons (Fsp3) is 0.412. The molecule has 2 heterocycles. The zero-order chi connectivity index (χ0) is 19.3. The van der Waals surface area contributed by atoms with Crippen LogP contribution in [0.4, 0.5) is 0 Å². The smallest absolute Gasteiger partial charge is 0.244 e. The quantitative estimate of drug-likeness (QED) is 0.732. The SMILES string of the molecule is NC(=O)C[C@]1(COc2ccc(Cl)cc2)CN(C(=O)Cn2cncn2)CCO1. The number of nitrogens with two attached hydrogens (primary N) is 1. The van der Waals surface area contributed by atoms with Gasteiger partial charge in [-0.15, -0.1) is 0 Å². The number of rotatable bonds is 7. The van der Waals surface area contributed by atoms with E-state index in [1.54, 1.807) is 29.2 Å². The molecular formula is C17H20ClN5O4. The van der Waals surface area contributed by atoms with Gasteiger partial charge >= 0.3 is 0 Å². The zero-order valence-corrected chi connectivity index (χ0v) is 15.3. The Bertz CT molecular complexity index is 783. The molecule has 1 aliphatic heterocycles. The molecule has 1 fully saturated rings. The van der Waals surface area contributed by atoms with Crippen molar-refractivity contribution in [1.82, 2.24) is 19.7 Å². The highest BCUT2D eigenvalue weighted by atomic mass is 35.5. The van der Waals surface area contributed by atoms with Gasteiger partial charge in [-0.2, -0.15) is 5.10 Å². The number of benzene rings is 1. The van der Waals surface area contributed by atoms with Crippen LogP contribution in [0.1, 0.15) is 6.42 Å². The van der Waals surface area contributed by atoms with Crippen LogP contribution < -0.4 is 10.5 Å². The average molecular weight is 394 g/mol. The second-order valence-corrected chi connectivity index (χ2v) is 6.76. The maximum Gasteiger partial charge on any atom is 0.244 e. The number of nitrogens with zero attached hydrogens (tertiary/aromatic N) is 4. The summed E-state index contributed by atoms with van der Waals surface area (Å²) in [5.74, 6) is -0.0951. The van der Waals surface area contributed by atoms with Crippen LogP contribution in [-0.2, 0) is 20.9 Å². The van der Waals surface area contributed by atoms with Crippen LogP contribution in [0.2, 0.25) is 5.02 Å². The van der Waals surface area contributed by atoms with E-state index in [2.05, 4.69) is 10.1 Å². The Morgan fingerprint density at radius 1 is 1.33 bits per heavy atom. The third-order valence-corrected chi connectivity index (χ3v) is 4.43. The van der Waals surface area contributed by atoms with E-state index < -0.39 is 11.5 Å². The van der Waals surface area contributed by atoms with Crippen molar-refractivity contribution in [3.8, 4) is 5.75 Å². The Kier molecular flexibility index (Phi) is 5.92. The molecule has 0 radical (unpaired) electrons. The number of carbonyl (C=O) groups excluding carboxylic acids is 2. The molecule has 0 spiro atoms. The first-order valence-corrected chi connectivity index (χ1v) is 8.74. The molecule has 2 aromatic rings. The normalized spacial score (nSPS) is 19.7. The molecule has 10 heteroatoms. The zero-order valence-electron chi connectivity index (χ0n) is 14.6. The molecule has 144 valence electrons. The molecule has 1 atom stereocenters. The lowest BCUT2D eigenvalue weighted by Gasteiger charge is -2.41. The first-order chi connectivity index (χ1) is 13.0. The molecule has 2 amide bonds. The Morgan fingerprint density at radius 2 is 2.11 bits per heavy atom. The van der Waals surface area contributed by atoms with Crippen molar-refractivity contribution in [2.24, 2.45) is 5.73 Å².